The van der Waals surface area contributed by atoms with E-state index in [1.165, 1.54) is 11.0 Å². The molecular formula is C42H50F3N9O5S. The number of piperidine rings is 1. The van der Waals surface area contributed by atoms with E-state index in [0.717, 1.165) is 78.6 Å². The van der Waals surface area contributed by atoms with Crippen LogP contribution in [0.5, 0.6) is 0 Å². The minimum absolute atomic E-state index is 0.0638. The summed E-state index contributed by atoms with van der Waals surface area (Å²) in [6.45, 7) is 8.87. The molecule has 2 aromatic heterocycles. The first kappa shape index (κ1) is 43.1. The molecule has 3 aliphatic heterocycles. The Morgan fingerprint density at radius 3 is 2.45 bits per heavy atom. The van der Waals surface area contributed by atoms with Crippen LogP contribution in [0, 0.1) is 17.2 Å². The van der Waals surface area contributed by atoms with Crippen LogP contribution in [0.1, 0.15) is 95.9 Å². The van der Waals surface area contributed by atoms with E-state index in [-0.39, 0.29) is 66.1 Å². The van der Waals surface area contributed by atoms with Gasteiger partial charge in [-0.3, -0.25) is 39.1 Å². The van der Waals surface area contributed by atoms with Crippen molar-refractivity contribution in [3.8, 4) is 6.07 Å². The SMILES string of the molecule is C[C@@H]1CC(OCCC2CCC(N3C(=S)N(c4cnc(C#N)c(C(F)(F)F)c4)C(=O)C3(C)C)CC2)C[C@H](C)N1CC(=O)Cc1cccc2c(N3CCC(=O)NC3=O)nn(C)c12. The van der Waals surface area contributed by atoms with Crippen molar-refractivity contribution < 1.29 is 37.1 Å². The van der Waals surface area contributed by atoms with Crippen molar-refractivity contribution in [2.24, 2.45) is 13.0 Å². The quantitative estimate of drug-likeness (QED) is 0.225. The number of Topliss-reactive ketones (excluding diaryl/α,β-unsaturated/α-hetero) is 1. The zero-order valence-electron chi connectivity index (χ0n) is 34.4. The molecule has 3 aromatic rings. The lowest BCUT2D eigenvalue weighted by atomic mass is 9.82. The van der Waals surface area contributed by atoms with E-state index in [9.17, 15) is 37.6 Å². The van der Waals surface area contributed by atoms with Gasteiger partial charge in [0.25, 0.3) is 5.91 Å². The van der Waals surface area contributed by atoms with Gasteiger partial charge in [0, 0.05) is 56.6 Å². The Hall–Kier alpha value is -4.99. The third kappa shape index (κ3) is 8.35. The molecule has 1 saturated carbocycles. The summed E-state index contributed by atoms with van der Waals surface area (Å²) in [5, 5.41) is 17.0. The number of alkyl halides is 3. The van der Waals surface area contributed by atoms with Gasteiger partial charge in [0.2, 0.25) is 5.91 Å². The number of thiocarbonyl (C=S) groups is 1. The fourth-order valence-corrected chi connectivity index (χ4v) is 10.2. The van der Waals surface area contributed by atoms with Crippen molar-refractivity contribution in [1.82, 2.24) is 29.9 Å². The molecule has 320 valence electrons. The van der Waals surface area contributed by atoms with Crippen LogP contribution in [0.2, 0.25) is 0 Å². The number of hydrogen-bond acceptors (Lipinski definition) is 10. The van der Waals surface area contributed by atoms with Gasteiger partial charge in [0.05, 0.1) is 35.6 Å². The van der Waals surface area contributed by atoms with Gasteiger partial charge in [-0.15, -0.1) is 0 Å². The van der Waals surface area contributed by atoms with Crippen LogP contribution in [0.4, 0.5) is 29.5 Å². The number of imide groups is 1. The standard InChI is InChI=1S/C42H50F3N9O5S/c1-24-17-31(18-25(2)52(24)23-30(55)19-27-7-6-8-32-36(27)50(5)49-37(32)51-15-13-35(56)48-39(51)58)59-16-14-26-9-11-28(12-10-26)54-40(60)53(38(57)41(54,3)4)29-20-33(42(43,44)45)34(21-46)47-22-29/h6-8,20,22,24-26,28,31H,9-19,23H2,1-5H3,(H,48,56,58)/t24-,25+,26?,28?,31?. The summed E-state index contributed by atoms with van der Waals surface area (Å²) in [6.07, 6.45) is 2.54. The number of nitrogens with zero attached hydrogens (tertiary/aromatic N) is 8. The summed E-state index contributed by atoms with van der Waals surface area (Å²) in [5.74, 6) is 0.196. The number of ether oxygens (including phenoxy) is 1. The van der Waals surface area contributed by atoms with Gasteiger partial charge in [-0.1, -0.05) is 12.1 Å². The molecule has 1 aliphatic carbocycles. The molecule has 4 amide bonds. The van der Waals surface area contributed by atoms with Crippen LogP contribution < -0.4 is 15.1 Å². The fraction of sp³-hybridized carbons (Fsp3) is 0.571. The Morgan fingerprint density at radius 1 is 1.10 bits per heavy atom. The Kier molecular flexibility index (Phi) is 12.1. The number of benzene rings is 1. The number of hydrogen-bond donors (Lipinski definition) is 1. The lowest BCUT2D eigenvalue weighted by molar-refractivity contribution is -0.138. The van der Waals surface area contributed by atoms with Crippen LogP contribution in [-0.4, -0.2) is 103 Å². The smallest absolute Gasteiger partial charge is 0.378 e. The number of ketones is 1. The molecule has 60 heavy (non-hydrogen) atoms. The molecule has 18 heteroatoms. The highest BCUT2D eigenvalue weighted by atomic mass is 32.1. The molecule has 0 radical (unpaired) electrons. The number of fused-ring (bicyclic) bond motifs is 1. The molecule has 7 rings (SSSR count). The molecule has 4 aliphatic rings. The second-order valence-electron chi connectivity index (χ2n) is 17.1. The molecule has 1 aromatic carbocycles. The molecule has 0 spiro atoms. The number of para-hydroxylation sites is 1. The van der Waals surface area contributed by atoms with E-state index in [0.29, 0.717) is 24.9 Å². The van der Waals surface area contributed by atoms with Crippen molar-refractivity contribution in [1.29, 1.82) is 5.26 Å². The zero-order chi connectivity index (χ0) is 43.3. The zero-order valence-corrected chi connectivity index (χ0v) is 35.2. The lowest BCUT2D eigenvalue weighted by Gasteiger charge is -2.42. The van der Waals surface area contributed by atoms with Gasteiger partial charge in [-0.2, -0.15) is 23.5 Å². The molecule has 3 atom stereocenters. The molecular weight excluding hydrogens is 800 g/mol. The minimum Gasteiger partial charge on any atom is -0.378 e. The van der Waals surface area contributed by atoms with Crippen molar-refractivity contribution in [2.75, 3.05) is 29.5 Å². The average Bonchev–Trinajstić information content (AvgIpc) is 3.61. The van der Waals surface area contributed by atoms with Crippen LogP contribution in [0.25, 0.3) is 10.9 Å². The first-order chi connectivity index (χ1) is 28.4. The second kappa shape index (κ2) is 16.8. The predicted molar refractivity (Wildman–Crippen MR) is 220 cm³/mol. The third-order valence-corrected chi connectivity index (χ3v) is 13.0. The number of halogens is 3. The minimum atomic E-state index is -4.82. The monoisotopic (exact) mass is 849 g/mol. The third-order valence-electron chi connectivity index (χ3n) is 12.7. The number of aryl methyl sites for hydroxylation is 1. The number of carbonyl (C=O) groups excluding carboxylic acids is 4. The van der Waals surface area contributed by atoms with Crippen LogP contribution in [-0.2, 0) is 38.8 Å². The number of carbonyl (C=O) groups is 4. The molecule has 4 fully saturated rings. The van der Waals surface area contributed by atoms with Gasteiger partial charge >= 0.3 is 12.2 Å². The molecule has 14 nitrogen and oxygen atoms in total. The largest absolute Gasteiger partial charge is 0.419 e. The number of nitriles is 1. The summed E-state index contributed by atoms with van der Waals surface area (Å²) < 4.78 is 49.3. The number of nitrogens with one attached hydrogen (secondary N) is 1. The summed E-state index contributed by atoms with van der Waals surface area (Å²) in [4.78, 5) is 61.9. The summed E-state index contributed by atoms with van der Waals surface area (Å²) in [5.41, 5.74) is -1.56. The van der Waals surface area contributed by atoms with Gasteiger partial charge in [-0.05, 0) is 108 Å². The highest BCUT2D eigenvalue weighted by Crippen LogP contribution is 2.41. The number of anilines is 2. The van der Waals surface area contributed by atoms with E-state index in [1.807, 2.05) is 23.1 Å². The van der Waals surface area contributed by atoms with Crippen molar-refractivity contribution in [3.63, 3.8) is 0 Å². The number of aromatic nitrogens is 3. The van der Waals surface area contributed by atoms with Crippen molar-refractivity contribution in [2.45, 2.75) is 121 Å². The Bertz CT molecular complexity index is 2240. The first-order valence-electron chi connectivity index (χ1n) is 20.5. The number of urea groups is 1. The maximum atomic E-state index is 13.7. The van der Waals surface area contributed by atoms with Crippen LogP contribution in [0.15, 0.2) is 30.5 Å². The normalized spacial score (nSPS) is 25.2. The maximum Gasteiger partial charge on any atom is 0.419 e. The van der Waals surface area contributed by atoms with E-state index in [2.05, 4.69) is 34.1 Å². The van der Waals surface area contributed by atoms with Crippen LogP contribution in [0.3, 0.4) is 0 Å². The van der Waals surface area contributed by atoms with Crippen LogP contribution >= 0.6 is 12.2 Å². The predicted octanol–water partition coefficient (Wildman–Crippen LogP) is 6.04. The Labute approximate surface area is 352 Å². The van der Waals surface area contributed by atoms with Crippen molar-refractivity contribution >= 4 is 63.4 Å². The highest BCUT2D eigenvalue weighted by Gasteiger charge is 2.53. The number of rotatable bonds is 11. The highest BCUT2D eigenvalue weighted by molar-refractivity contribution is 7.80. The number of likely N-dealkylation sites (tertiary alicyclic amines) is 1. The van der Waals surface area contributed by atoms with E-state index < -0.39 is 34.9 Å². The maximum absolute atomic E-state index is 13.7. The van der Waals surface area contributed by atoms with E-state index in [4.69, 9.17) is 17.0 Å². The summed E-state index contributed by atoms with van der Waals surface area (Å²) in [6, 6.07) is 7.58. The molecule has 5 heterocycles. The number of amides is 4. The van der Waals surface area contributed by atoms with Gasteiger partial charge in [0.15, 0.2) is 22.4 Å². The van der Waals surface area contributed by atoms with E-state index in [1.54, 1.807) is 25.6 Å². The summed E-state index contributed by atoms with van der Waals surface area (Å²) >= 11 is 5.74. The van der Waals surface area contributed by atoms with E-state index >= 15 is 0 Å². The van der Waals surface area contributed by atoms with Gasteiger partial charge < -0.3 is 9.64 Å². The molecule has 1 unspecified atom stereocenters. The molecule has 3 saturated heterocycles. The fourth-order valence-electron chi connectivity index (χ4n) is 9.62. The average molecular weight is 850 g/mol. The molecule has 0 bridgehead atoms. The summed E-state index contributed by atoms with van der Waals surface area (Å²) in [7, 11) is 1.79. The van der Waals surface area contributed by atoms with Crippen molar-refractivity contribution in [3.05, 3.63) is 47.3 Å². The topological polar surface area (TPSA) is 157 Å². The Balaban J connectivity index is 0.884. The van der Waals surface area contributed by atoms with Gasteiger partial charge in [0.1, 0.15) is 11.6 Å². The Morgan fingerprint density at radius 2 is 1.80 bits per heavy atom. The lowest BCUT2D eigenvalue weighted by Crippen LogP contribution is -2.51. The first-order valence-corrected chi connectivity index (χ1v) is 20.9. The second-order valence-corrected chi connectivity index (χ2v) is 17.4. The van der Waals surface area contributed by atoms with Gasteiger partial charge in [-0.25, -0.2) is 9.78 Å². The number of pyridine rings is 1. The molecule has 1 N–H and O–H groups in total.